The molecule has 1 aliphatic heterocycles. The van der Waals surface area contributed by atoms with Gasteiger partial charge in [-0.05, 0) is 26.3 Å². The topological polar surface area (TPSA) is 104 Å². The maximum absolute atomic E-state index is 12.1. The molecule has 122 valence electrons. The minimum atomic E-state index is -0.230. The van der Waals surface area contributed by atoms with E-state index in [9.17, 15) is 9.59 Å². The SMILES string of the molecule is CCCCNC(=O)C(C)N1CCC(c2cc(=O)[nH]c(N)n2)C1. The number of aromatic nitrogens is 2. The molecule has 1 amide bonds. The van der Waals surface area contributed by atoms with E-state index in [0.717, 1.165) is 38.9 Å². The highest BCUT2D eigenvalue weighted by molar-refractivity contribution is 5.81. The number of nitrogens with two attached hydrogens (primary N) is 1. The van der Waals surface area contributed by atoms with Gasteiger partial charge in [0.15, 0.2) is 0 Å². The summed E-state index contributed by atoms with van der Waals surface area (Å²) >= 11 is 0. The lowest BCUT2D eigenvalue weighted by Crippen LogP contribution is -2.44. The molecule has 0 aliphatic carbocycles. The van der Waals surface area contributed by atoms with E-state index < -0.39 is 0 Å². The summed E-state index contributed by atoms with van der Waals surface area (Å²) < 4.78 is 0. The molecule has 2 unspecified atom stereocenters. The third kappa shape index (κ3) is 4.07. The molecule has 0 bridgehead atoms. The molecule has 1 aliphatic rings. The van der Waals surface area contributed by atoms with Crippen molar-refractivity contribution in [3.8, 4) is 0 Å². The van der Waals surface area contributed by atoms with Crippen molar-refractivity contribution in [2.24, 2.45) is 0 Å². The first-order chi connectivity index (χ1) is 10.5. The maximum Gasteiger partial charge on any atom is 0.252 e. The number of nitrogen functional groups attached to an aromatic ring is 1. The van der Waals surface area contributed by atoms with Gasteiger partial charge in [-0.25, -0.2) is 4.98 Å². The molecule has 1 aromatic rings. The minimum Gasteiger partial charge on any atom is -0.369 e. The van der Waals surface area contributed by atoms with Gasteiger partial charge in [0.1, 0.15) is 0 Å². The highest BCUT2D eigenvalue weighted by atomic mass is 16.2. The normalized spacial score (nSPS) is 20.0. The van der Waals surface area contributed by atoms with E-state index in [4.69, 9.17) is 5.73 Å². The standard InChI is InChI=1S/C15H25N5O2/c1-3-4-6-17-14(22)10(2)20-7-5-11(9-20)12-8-13(21)19-15(16)18-12/h8,10-11H,3-7,9H2,1-2H3,(H,17,22)(H3,16,18,19,21). The van der Waals surface area contributed by atoms with Crippen molar-refractivity contribution in [1.29, 1.82) is 0 Å². The number of rotatable bonds is 6. The van der Waals surface area contributed by atoms with Crippen molar-refractivity contribution >= 4 is 11.9 Å². The van der Waals surface area contributed by atoms with Crippen LogP contribution in [0.25, 0.3) is 0 Å². The summed E-state index contributed by atoms with van der Waals surface area (Å²) in [4.78, 5) is 32.4. The summed E-state index contributed by atoms with van der Waals surface area (Å²) in [7, 11) is 0. The Kier molecular flexibility index (Phi) is 5.54. The summed E-state index contributed by atoms with van der Waals surface area (Å²) in [5.74, 6) is 0.356. The molecule has 7 nitrogen and oxygen atoms in total. The van der Waals surface area contributed by atoms with Crippen LogP contribution in [0.15, 0.2) is 10.9 Å². The van der Waals surface area contributed by atoms with Crippen molar-refractivity contribution in [2.75, 3.05) is 25.4 Å². The number of hydrogen-bond donors (Lipinski definition) is 3. The Morgan fingerprint density at radius 3 is 3.09 bits per heavy atom. The van der Waals surface area contributed by atoms with Gasteiger partial charge in [0, 0.05) is 25.1 Å². The van der Waals surface area contributed by atoms with Crippen LogP contribution in [0.3, 0.4) is 0 Å². The van der Waals surface area contributed by atoms with E-state index in [1.165, 1.54) is 6.07 Å². The van der Waals surface area contributed by atoms with Gasteiger partial charge < -0.3 is 11.1 Å². The van der Waals surface area contributed by atoms with E-state index >= 15 is 0 Å². The summed E-state index contributed by atoms with van der Waals surface area (Å²) in [6.07, 6.45) is 2.94. The van der Waals surface area contributed by atoms with E-state index in [-0.39, 0.29) is 29.4 Å². The highest BCUT2D eigenvalue weighted by Crippen LogP contribution is 2.26. The van der Waals surface area contributed by atoms with E-state index in [0.29, 0.717) is 5.69 Å². The second kappa shape index (κ2) is 7.40. The van der Waals surface area contributed by atoms with Gasteiger partial charge >= 0.3 is 0 Å². The van der Waals surface area contributed by atoms with Crippen molar-refractivity contribution in [3.63, 3.8) is 0 Å². The van der Waals surface area contributed by atoms with Crippen LogP contribution in [0, 0.1) is 0 Å². The Labute approximate surface area is 130 Å². The number of nitrogens with one attached hydrogen (secondary N) is 2. The molecule has 2 rings (SSSR count). The Hall–Kier alpha value is -1.89. The van der Waals surface area contributed by atoms with Gasteiger partial charge in [0.05, 0.1) is 11.7 Å². The van der Waals surface area contributed by atoms with E-state index in [1.807, 2.05) is 6.92 Å². The first-order valence-corrected chi connectivity index (χ1v) is 7.89. The summed E-state index contributed by atoms with van der Waals surface area (Å²) in [5.41, 5.74) is 6.07. The Morgan fingerprint density at radius 1 is 1.64 bits per heavy atom. The number of hydrogen-bond acceptors (Lipinski definition) is 5. The zero-order chi connectivity index (χ0) is 16.1. The molecule has 2 atom stereocenters. The average Bonchev–Trinajstić information content (AvgIpc) is 2.95. The quantitative estimate of drug-likeness (QED) is 0.662. The van der Waals surface area contributed by atoms with Gasteiger partial charge in [0.2, 0.25) is 11.9 Å². The third-order valence-corrected chi connectivity index (χ3v) is 4.17. The van der Waals surface area contributed by atoms with Crippen molar-refractivity contribution in [1.82, 2.24) is 20.2 Å². The molecule has 0 aromatic carbocycles. The number of unbranched alkanes of at least 4 members (excludes halogenated alkanes) is 1. The van der Waals surface area contributed by atoms with E-state index in [1.54, 1.807) is 0 Å². The van der Waals surface area contributed by atoms with Crippen LogP contribution < -0.4 is 16.6 Å². The van der Waals surface area contributed by atoms with Gasteiger partial charge in [-0.2, -0.15) is 0 Å². The predicted molar refractivity (Wildman–Crippen MR) is 85.6 cm³/mol. The van der Waals surface area contributed by atoms with Crippen LogP contribution in [0.5, 0.6) is 0 Å². The molecule has 4 N–H and O–H groups in total. The lowest BCUT2D eigenvalue weighted by atomic mass is 10.0. The minimum absolute atomic E-state index is 0.0625. The molecule has 1 saturated heterocycles. The lowest BCUT2D eigenvalue weighted by molar-refractivity contribution is -0.125. The van der Waals surface area contributed by atoms with Crippen molar-refractivity contribution < 1.29 is 4.79 Å². The van der Waals surface area contributed by atoms with Crippen LogP contribution >= 0.6 is 0 Å². The first kappa shape index (κ1) is 16.5. The van der Waals surface area contributed by atoms with Crippen LogP contribution in [0.2, 0.25) is 0 Å². The highest BCUT2D eigenvalue weighted by Gasteiger charge is 2.31. The number of carbonyl (C=O) groups is 1. The van der Waals surface area contributed by atoms with E-state index in [2.05, 4.69) is 27.1 Å². The molecule has 0 radical (unpaired) electrons. The zero-order valence-corrected chi connectivity index (χ0v) is 13.3. The summed E-state index contributed by atoms with van der Waals surface area (Å²) in [6, 6.07) is 1.33. The third-order valence-electron chi connectivity index (χ3n) is 4.17. The summed E-state index contributed by atoms with van der Waals surface area (Å²) in [5, 5.41) is 2.96. The molecule has 2 heterocycles. The second-order valence-corrected chi connectivity index (χ2v) is 5.86. The average molecular weight is 307 g/mol. The van der Waals surface area contributed by atoms with Crippen LogP contribution in [0.1, 0.15) is 44.7 Å². The molecular weight excluding hydrogens is 282 g/mol. The van der Waals surface area contributed by atoms with Gasteiger partial charge in [0.25, 0.3) is 5.56 Å². The van der Waals surface area contributed by atoms with Crippen LogP contribution in [-0.2, 0) is 4.79 Å². The van der Waals surface area contributed by atoms with Crippen molar-refractivity contribution in [2.45, 2.75) is 45.1 Å². The zero-order valence-electron chi connectivity index (χ0n) is 13.3. The van der Waals surface area contributed by atoms with Crippen molar-refractivity contribution in [3.05, 3.63) is 22.1 Å². The number of amides is 1. The fourth-order valence-corrected chi connectivity index (χ4v) is 2.79. The van der Waals surface area contributed by atoms with Gasteiger partial charge in [-0.15, -0.1) is 0 Å². The summed E-state index contributed by atoms with van der Waals surface area (Å²) in [6.45, 7) is 6.28. The second-order valence-electron chi connectivity index (χ2n) is 5.86. The predicted octanol–water partition coefficient (Wildman–Crippen LogP) is 0.446. The molecule has 1 aromatic heterocycles. The maximum atomic E-state index is 12.1. The van der Waals surface area contributed by atoms with Crippen LogP contribution in [0.4, 0.5) is 5.95 Å². The Bertz CT molecular complexity index is 571. The Balaban J connectivity index is 1.94. The van der Waals surface area contributed by atoms with Gasteiger partial charge in [-0.1, -0.05) is 13.3 Å². The number of likely N-dealkylation sites (tertiary alicyclic amines) is 1. The Morgan fingerprint density at radius 2 is 2.41 bits per heavy atom. The number of nitrogens with zero attached hydrogens (tertiary/aromatic N) is 2. The monoisotopic (exact) mass is 307 g/mol. The molecule has 7 heteroatoms. The fourth-order valence-electron chi connectivity index (χ4n) is 2.79. The molecule has 0 saturated carbocycles. The first-order valence-electron chi connectivity index (χ1n) is 7.89. The fraction of sp³-hybridized carbons (Fsp3) is 0.667. The molecule has 0 spiro atoms. The van der Waals surface area contributed by atoms with Crippen LogP contribution in [-0.4, -0.2) is 46.5 Å². The number of aromatic amines is 1. The smallest absolute Gasteiger partial charge is 0.252 e. The largest absolute Gasteiger partial charge is 0.369 e. The molecule has 22 heavy (non-hydrogen) atoms. The van der Waals surface area contributed by atoms with Gasteiger partial charge in [-0.3, -0.25) is 19.5 Å². The lowest BCUT2D eigenvalue weighted by Gasteiger charge is -2.23. The number of H-pyrrole nitrogens is 1. The molecule has 1 fully saturated rings. The number of carbonyl (C=O) groups excluding carboxylic acids is 1. The molecular formula is C15H25N5O2. The number of anilines is 1.